The molecule has 5 aromatic heterocycles. The Balaban J connectivity index is 0.000000121. The van der Waals surface area contributed by atoms with Crippen molar-refractivity contribution in [2.24, 2.45) is 0 Å². The summed E-state index contributed by atoms with van der Waals surface area (Å²) in [5.41, 5.74) is 33.3. The fourth-order valence-electron chi connectivity index (χ4n) is 16.9. The van der Waals surface area contributed by atoms with Crippen LogP contribution >= 0.6 is 0 Å². The molecule has 0 aliphatic rings. The van der Waals surface area contributed by atoms with Crippen LogP contribution in [0.25, 0.3) is 27.5 Å². The number of benzene rings is 16. The van der Waals surface area contributed by atoms with E-state index in [0.717, 1.165) is 126 Å². The van der Waals surface area contributed by atoms with E-state index in [1.54, 1.807) is 6.20 Å². The second-order valence-electron chi connectivity index (χ2n) is 33.9. The lowest BCUT2D eigenvalue weighted by molar-refractivity contribution is 1.16. The van der Waals surface area contributed by atoms with Gasteiger partial charge in [-0.05, 0) is 334 Å². The third-order valence-electron chi connectivity index (χ3n) is 23.9. The molecule has 136 heavy (non-hydrogen) atoms. The van der Waals surface area contributed by atoms with E-state index in [-0.39, 0.29) is 0 Å². The Labute approximate surface area is 798 Å². The molecule has 0 radical (unpaired) electrons. The highest BCUT2D eigenvalue weighted by atomic mass is 15.2. The topological polar surface area (TPSA) is 79.2 Å². The summed E-state index contributed by atoms with van der Waals surface area (Å²) in [6.07, 6.45) is 9.09. The van der Waals surface area contributed by atoms with Crippen LogP contribution in [-0.4, -0.2) is 24.5 Å². The van der Waals surface area contributed by atoms with Crippen molar-refractivity contribution in [3.63, 3.8) is 0 Å². The maximum Gasteiger partial charge on any atom is 0.137 e. The fraction of sp³-hybridized carbons (Fsp3) is 0.0645. The van der Waals surface area contributed by atoms with E-state index in [9.17, 15) is 0 Å². The van der Waals surface area contributed by atoms with Gasteiger partial charge in [-0.2, -0.15) is 0 Å². The highest BCUT2D eigenvalue weighted by Gasteiger charge is 2.23. The van der Waals surface area contributed by atoms with Gasteiger partial charge in [-0.3, -0.25) is 19.7 Å². The summed E-state index contributed by atoms with van der Waals surface area (Å²) in [5, 5.41) is 2.56. The van der Waals surface area contributed by atoms with Gasteiger partial charge in [-0.25, -0.2) is 15.0 Å². The molecule has 0 saturated heterocycles. The van der Waals surface area contributed by atoms with Gasteiger partial charge in [0.1, 0.15) is 17.5 Å². The molecule has 0 bridgehead atoms. The minimum Gasteiger partial charge on any atom is -0.311 e. The molecule has 0 spiro atoms. The molecule has 0 amide bonds. The molecule has 0 aliphatic carbocycles. The van der Waals surface area contributed by atoms with E-state index in [0.29, 0.717) is 0 Å². The minimum absolute atomic E-state index is 0.845. The zero-order valence-corrected chi connectivity index (χ0v) is 77.7. The number of pyridine rings is 4. The predicted molar refractivity (Wildman–Crippen MR) is 572 cm³/mol. The van der Waals surface area contributed by atoms with E-state index < -0.39 is 0 Å². The first-order valence-electron chi connectivity index (χ1n) is 46.0. The molecule has 12 nitrogen and oxygen atoms in total. The average molecular weight is 1760 g/mol. The van der Waals surface area contributed by atoms with Crippen molar-refractivity contribution < 1.29 is 0 Å². The Bertz CT molecular complexity index is 6760. The lowest BCUT2D eigenvalue weighted by atomic mass is 10.1. The summed E-state index contributed by atoms with van der Waals surface area (Å²) in [6.45, 7) is 16.9. The van der Waals surface area contributed by atoms with Crippen molar-refractivity contribution >= 4 is 142 Å². The van der Waals surface area contributed by atoms with Crippen LogP contribution in [0.2, 0.25) is 0 Å². The smallest absolute Gasteiger partial charge is 0.137 e. The van der Waals surface area contributed by atoms with Gasteiger partial charge < -0.3 is 24.2 Å². The molecule has 0 N–H and O–H groups in total. The second-order valence-corrected chi connectivity index (χ2v) is 33.9. The summed E-state index contributed by atoms with van der Waals surface area (Å²) in [4.78, 5) is 33.8. The van der Waals surface area contributed by atoms with Gasteiger partial charge in [0, 0.05) is 138 Å². The summed E-state index contributed by atoms with van der Waals surface area (Å²) in [6, 6.07) is 164. The van der Waals surface area contributed by atoms with Gasteiger partial charge in [0.05, 0.1) is 22.9 Å². The molecule has 21 rings (SSSR count). The highest BCUT2D eigenvalue weighted by molar-refractivity contribution is 6.09. The third-order valence-corrected chi connectivity index (χ3v) is 23.9. The first-order chi connectivity index (χ1) is 66.7. The van der Waals surface area contributed by atoms with E-state index >= 15 is 0 Å². The Kier molecular flexibility index (Phi) is 27.6. The summed E-state index contributed by atoms with van der Waals surface area (Å²) < 4.78 is 2.36. The Morgan fingerprint density at radius 3 is 0.574 bits per heavy atom. The second kappa shape index (κ2) is 42.2. The van der Waals surface area contributed by atoms with Gasteiger partial charge in [-0.15, -0.1) is 0 Å². The van der Waals surface area contributed by atoms with Crippen molar-refractivity contribution in [1.29, 1.82) is 0 Å². The maximum absolute atomic E-state index is 4.62. The summed E-state index contributed by atoms with van der Waals surface area (Å²) in [5.74, 6) is 2.59. The third kappa shape index (κ3) is 20.9. The number of rotatable bonds is 22. The first kappa shape index (κ1) is 89.1. The van der Waals surface area contributed by atoms with Gasteiger partial charge in [0.25, 0.3) is 0 Å². The Hall–Kier alpha value is -17.5. The molecular formula is C124H106N12. The van der Waals surface area contributed by atoms with E-state index in [4.69, 9.17) is 0 Å². The highest BCUT2D eigenvalue weighted by Crippen LogP contribution is 2.45. The van der Waals surface area contributed by atoms with Crippen molar-refractivity contribution in [3.8, 4) is 5.69 Å². The predicted octanol–water partition coefficient (Wildman–Crippen LogP) is 34.2. The zero-order chi connectivity index (χ0) is 93.1. The van der Waals surface area contributed by atoms with Crippen LogP contribution in [0.1, 0.15) is 44.5 Å². The number of hydrogen-bond acceptors (Lipinski definition) is 11. The van der Waals surface area contributed by atoms with Crippen LogP contribution in [0.3, 0.4) is 0 Å². The van der Waals surface area contributed by atoms with E-state index in [2.05, 4.69) is 515 Å². The van der Waals surface area contributed by atoms with Crippen molar-refractivity contribution in [1.82, 2.24) is 24.5 Å². The molecule has 662 valence electrons. The minimum atomic E-state index is 0.845. The number of fused-ring (bicyclic) bond motifs is 3. The number of para-hydroxylation sites is 4. The largest absolute Gasteiger partial charge is 0.311 e. The van der Waals surface area contributed by atoms with Crippen LogP contribution in [0.4, 0.5) is 120 Å². The van der Waals surface area contributed by atoms with Crippen molar-refractivity contribution in [3.05, 3.63) is 543 Å². The molecule has 0 atom stereocenters. The first-order valence-corrected chi connectivity index (χ1v) is 46.0. The number of hydrogen-bond donors (Lipinski definition) is 0. The van der Waals surface area contributed by atoms with Gasteiger partial charge in [0.15, 0.2) is 0 Å². The molecule has 0 saturated carbocycles. The van der Waals surface area contributed by atoms with Gasteiger partial charge in [-0.1, -0.05) is 233 Å². The van der Waals surface area contributed by atoms with Crippen LogP contribution in [-0.2, 0) is 0 Å². The quantitative estimate of drug-likeness (QED) is 0.0651. The SMILES string of the molecule is Cc1ccc(N(c2ccc(C)cc2)c2ccc(-n3c4ccccc4c4ccccc43)cc2)cc1.Cc1ccc(N(c2ccc(C)cc2)c2ccc(N(c3cccnc3)c3ccccn3)cc2)cc1.Cc1ccc(N(c2ccc(N(c3ccc(C)cc3)c3ccccn3)cc2)c2ccccn2)cc1.Cc1ccc(N(c2ccccc2)c2ccc(N(c3ccccc3)c3ccc(C)cc3)cc2)cc1. The fourth-order valence-corrected chi connectivity index (χ4v) is 16.9. The number of anilines is 21. The Morgan fingerprint density at radius 2 is 0.346 bits per heavy atom. The zero-order valence-electron chi connectivity index (χ0n) is 77.7. The molecule has 0 unspecified atom stereocenters. The lowest BCUT2D eigenvalue weighted by Gasteiger charge is -2.28. The molecular weight excluding hydrogens is 1660 g/mol. The van der Waals surface area contributed by atoms with Crippen LogP contribution < -0.4 is 34.3 Å². The number of aromatic nitrogens is 5. The average Bonchev–Trinajstić information content (AvgIpc) is 1.60. The standard InChI is InChI=1S/C32H26N2.C32H28N2.2C30H26N4/c1-23-11-15-25(16-12-23)33(26-17-13-24(2)14-18-26)27-19-21-28(22-20-27)34-31-9-5-3-7-29(31)30-8-4-6-10-32(30)34;1-25-13-17-29(18-14-25)33(27-9-5-3-6-10-27)31-21-23-32(24-22-31)34(28-11-7-4-8-12-28)30-19-15-26(2)16-20-30;1-23-9-13-25(14-10-23)33(29-7-3-5-21-31-29)27-17-19-28(20-18-27)34(30-8-4-6-22-32-30)26-15-11-24(2)12-16-26;1-23-8-12-25(13-9-23)33(26-14-10-24(2)11-15-26)27-16-18-28(19-17-27)34(29-6-5-20-31-22-29)30-7-3-4-21-32-30/h3-22H,1-2H3;3-24H,1-2H3;2*3-22H,1-2H3. The van der Waals surface area contributed by atoms with Crippen LogP contribution in [0, 0.1) is 55.4 Å². The number of aryl methyl sites for hydroxylation is 8. The molecule has 12 heteroatoms. The van der Waals surface area contributed by atoms with E-state index in [1.807, 2.05) is 91.5 Å². The monoisotopic (exact) mass is 1760 g/mol. The number of nitrogens with zero attached hydrogens (tertiary/aromatic N) is 12. The summed E-state index contributed by atoms with van der Waals surface area (Å²) >= 11 is 0. The van der Waals surface area contributed by atoms with Gasteiger partial charge >= 0.3 is 0 Å². The molecule has 16 aromatic carbocycles. The summed E-state index contributed by atoms with van der Waals surface area (Å²) in [7, 11) is 0. The molecule has 21 aromatic rings. The van der Waals surface area contributed by atoms with Crippen molar-refractivity contribution in [2.75, 3.05) is 34.3 Å². The molecule has 0 aliphatic heterocycles. The van der Waals surface area contributed by atoms with E-state index in [1.165, 1.54) is 66.3 Å². The van der Waals surface area contributed by atoms with Crippen LogP contribution in [0.15, 0.2) is 498 Å². The normalized spacial score (nSPS) is 10.8. The van der Waals surface area contributed by atoms with Crippen molar-refractivity contribution in [2.45, 2.75) is 55.4 Å². The van der Waals surface area contributed by atoms with Gasteiger partial charge in [0.2, 0.25) is 0 Å². The maximum atomic E-state index is 4.62. The van der Waals surface area contributed by atoms with Crippen LogP contribution in [0.5, 0.6) is 0 Å². The lowest BCUT2D eigenvalue weighted by Crippen LogP contribution is -2.13. The molecule has 0 fully saturated rings. The Morgan fingerprint density at radius 1 is 0.154 bits per heavy atom. The molecule has 5 heterocycles.